The van der Waals surface area contributed by atoms with Gasteiger partial charge in [0.05, 0.1) is 0 Å². The second-order valence-corrected chi connectivity index (χ2v) is 4.66. The van der Waals surface area contributed by atoms with Gasteiger partial charge in [-0.05, 0) is 38.8 Å². The summed E-state index contributed by atoms with van der Waals surface area (Å²) in [5.74, 6) is 2.58. The van der Waals surface area contributed by atoms with E-state index >= 15 is 0 Å². The highest BCUT2D eigenvalue weighted by Crippen LogP contribution is 2.19. The minimum absolute atomic E-state index is 0.774. The van der Waals surface area contributed by atoms with Crippen LogP contribution in [0, 0.1) is 13.8 Å². The van der Waals surface area contributed by atoms with Crippen molar-refractivity contribution in [1.82, 2.24) is 15.0 Å². The first-order chi connectivity index (χ1) is 9.70. The Bertz CT molecular complexity index is 554. The first-order valence-electron chi connectivity index (χ1n) is 6.92. The summed E-state index contributed by atoms with van der Waals surface area (Å²) < 4.78 is 0. The van der Waals surface area contributed by atoms with E-state index in [-0.39, 0.29) is 0 Å². The van der Waals surface area contributed by atoms with E-state index in [0.717, 1.165) is 42.5 Å². The first-order valence-corrected chi connectivity index (χ1v) is 6.92. The molecule has 5 heteroatoms. The maximum Gasteiger partial charge on any atom is 0.134 e. The Morgan fingerprint density at radius 2 is 1.85 bits per heavy atom. The molecule has 0 saturated carbocycles. The van der Waals surface area contributed by atoms with Crippen molar-refractivity contribution in [3.63, 3.8) is 0 Å². The molecule has 0 atom stereocenters. The highest BCUT2D eigenvalue weighted by atomic mass is 15.1. The standard InChI is InChI=1S/C15H21N5/c1-4-17-14-11(2)15(20-12(3)19-14)18-9-7-13-6-5-8-16-10-13/h5-6,8,10H,4,7,9H2,1-3H3,(H2,17,18,19,20). The van der Waals surface area contributed by atoms with E-state index in [4.69, 9.17) is 0 Å². The van der Waals surface area contributed by atoms with Crippen molar-refractivity contribution < 1.29 is 0 Å². The predicted molar refractivity (Wildman–Crippen MR) is 82.1 cm³/mol. The van der Waals surface area contributed by atoms with Gasteiger partial charge >= 0.3 is 0 Å². The Kier molecular flexibility index (Phi) is 4.87. The average molecular weight is 271 g/mol. The van der Waals surface area contributed by atoms with Crippen LogP contribution in [-0.2, 0) is 6.42 Å². The zero-order chi connectivity index (χ0) is 14.4. The quantitative estimate of drug-likeness (QED) is 0.845. The van der Waals surface area contributed by atoms with Gasteiger partial charge < -0.3 is 10.6 Å². The molecule has 0 aliphatic rings. The minimum atomic E-state index is 0.774. The van der Waals surface area contributed by atoms with Crippen molar-refractivity contribution in [1.29, 1.82) is 0 Å². The van der Waals surface area contributed by atoms with Gasteiger partial charge in [0.25, 0.3) is 0 Å². The van der Waals surface area contributed by atoms with Crippen molar-refractivity contribution in [2.24, 2.45) is 0 Å². The SMILES string of the molecule is CCNc1nc(C)nc(NCCc2cccnc2)c1C. The van der Waals surface area contributed by atoms with Crippen molar-refractivity contribution >= 4 is 11.6 Å². The zero-order valence-corrected chi connectivity index (χ0v) is 12.3. The van der Waals surface area contributed by atoms with Crippen LogP contribution in [0.2, 0.25) is 0 Å². The average Bonchev–Trinajstić information content (AvgIpc) is 2.45. The third-order valence-corrected chi connectivity index (χ3v) is 3.03. The summed E-state index contributed by atoms with van der Waals surface area (Å²) in [4.78, 5) is 13.0. The van der Waals surface area contributed by atoms with Gasteiger partial charge in [-0.15, -0.1) is 0 Å². The molecular formula is C15H21N5. The van der Waals surface area contributed by atoms with E-state index in [1.165, 1.54) is 5.56 Å². The number of nitrogens with zero attached hydrogens (tertiary/aromatic N) is 3. The van der Waals surface area contributed by atoms with E-state index < -0.39 is 0 Å². The molecule has 20 heavy (non-hydrogen) atoms. The van der Waals surface area contributed by atoms with Gasteiger partial charge in [-0.25, -0.2) is 9.97 Å². The zero-order valence-electron chi connectivity index (χ0n) is 12.3. The highest BCUT2D eigenvalue weighted by molar-refractivity contribution is 5.57. The summed E-state index contributed by atoms with van der Waals surface area (Å²) in [5, 5.41) is 6.65. The van der Waals surface area contributed by atoms with Gasteiger partial charge in [-0.2, -0.15) is 0 Å². The van der Waals surface area contributed by atoms with E-state index in [2.05, 4.69) is 38.6 Å². The van der Waals surface area contributed by atoms with Crippen molar-refractivity contribution in [2.45, 2.75) is 27.2 Å². The fourth-order valence-electron chi connectivity index (χ4n) is 2.01. The van der Waals surface area contributed by atoms with Crippen molar-refractivity contribution in [2.75, 3.05) is 23.7 Å². The topological polar surface area (TPSA) is 62.7 Å². The Morgan fingerprint density at radius 1 is 1.10 bits per heavy atom. The molecule has 2 heterocycles. The van der Waals surface area contributed by atoms with Gasteiger partial charge in [0.15, 0.2) is 0 Å². The van der Waals surface area contributed by atoms with Crippen LogP contribution in [0.3, 0.4) is 0 Å². The number of rotatable bonds is 6. The van der Waals surface area contributed by atoms with Crippen LogP contribution in [-0.4, -0.2) is 28.0 Å². The molecule has 106 valence electrons. The summed E-state index contributed by atoms with van der Waals surface area (Å²) >= 11 is 0. The molecule has 2 N–H and O–H groups in total. The lowest BCUT2D eigenvalue weighted by molar-refractivity contribution is 0.960. The van der Waals surface area contributed by atoms with Crippen LogP contribution in [0.5, 0.6) is 0 Å². The first kappa shape index (κ1) is 14.2. The number of aromatic nitrogens is 3. The van der Waals surface area contributed by atoms with E-state index in [0.29, 0.717) is 0 Å². The fourth-order valence-corrected chi connectivity index (χ4v) is 2.01. The third kappa shape index (κ3) is 3.66. The number of anilines is 2. The molecule has 2 rings (SSSR count). The van der Waals surface area contributed by atoms with Crippen LogP contribution in [0.25, 0.3) is 0 Å². The lowest BCUT2D eigenvalue weighted by Crippen LogP contribution is -2.12. The fraction of sp³-hybridized carbons (Fsp3) is 0.400. The normalized spacial score (nSPS) is 10.3. The van der Waals surface area contributed by atoms with E-state index in [1.807, 2.05) is 26.1 Å². The summed E-state index contributed by atoms with van der Waals surface area (Å²) in [7, 11) is 0. The number of pyridine rings is 1. The monoisotopic (exact) mass is 271 g/mol. The molecule has 0 saturated heterocycles. The number of hydrogen-bond donors (Lipinski definition) is 2. The van der Waals surface area contributed by atoms with E-state index in [1.54, 1.807) is 6.20 Å². The second-order valence-electron chi connectivity index (χ2n) is 4.66. The molecule has 5 nitrogen and oxygen atoms in total. The summed E-state index contributed by atoms with van der Waals surface area (Å²) in [6, 6.07) is 4.04. The molecule has 0 amide bonds. The molecule has 0 fully saturated rings. The molecule has 0 spiro atoms. The van der Waals surface area contributed by atoms with Gasteiger partial charge in [-0.3, -0.25) is 4.98 Å². The summed E-state index contributed by atoms with van der Waals surface area (Å²) in [5.41, 5.74) is 2.28. The second kappa shape index (κ2) is 6.84. The summed E-state index contributed by atoms with van der Waals surface area (Å²) in [6.45, 7) is 7.68. The van der Waals surface area contributed by atoms with Gasteiger partial charge in [0, 0.05) is 31.0 Å². The van der Waals surface area contributed by atoms with Crippen molar-refractivity contribution in [3.05, 3.63) is 41.5 Å². The molecule has 0 aromatic carbocycles. The van der Waals surface area contributed by atoms with Gasteiger partial charge in [0.2, 0.25) is 0 Å². The number of hydrogen-bond acceptors (Lipinski definition) is 5. The van der Waals surface area contributed by atoms with Crippen LogP contribution in [0.4, 0.5) is 11.6 Å². The van der Waals surface area contributed by atoms with E-state index in [9.17, 15) is 0 Å². The minimum Gasteiger partial charge on any atom is -0.370 e. The molecular weight excluding hydrogens is 250 g/mol. The Morgan fingerprint density at radius 3 is 2.50 bits per heavy atom. The Hall–Kier alpha value is -2.17. The smallest absolute Gasteiger partial charge is 0.134 e. The van der Waals surface area contributed by atoms with Gasteiger partial charge in [0.1, 0.15) is 17.5 Å². The molecule has 0 bridgehead atoms. The number of aryl methyl sites for hydroxylation is 1. The molecule has 0 radical (unpaired) electrons. The molecule has 0 aliphatic carbocycles. The third-order valence-electron chi connectivity index (χ3n) is 3.03. The molecule has 2 aromatic heterocycles. The lowest BCUT2D eigenvalue weighted by Gasteiger charge is -2.13. The Labute approximate surface area is 119 Å². The van der Waals surface area contributed by atoms with Crippen LogP contribution in [0.15, 0.2) is 24.5 Å². The predicted octanol–water partition coefficient (Wildman–Crippen LogP) is 2.57. The van der Waals surface area contributed by atoms with Gasteiger partial charge in [-0.1, -0.05) is 6.07 Å². The number of nitrogens with one attached hydrogen (secondary N) is 2. The molecule has 0 aliphatic heterocycles. The maximum atomic E-state index is 4.47. The molecule has 2 aromatic rings. The maximum absolute atomic E-state index is 4.47. The van der Waals surface area contributed by atoms with Crippen LogP contribution >= 0.6 is 0 Å². The highest BCUT2D eigenvalue weighted by Gasteiger charge is 2.07. The summed E-state index contributed by atoms with van der Waals surface area (Å²) in [6.07, 6.45) is 4.61. The largest absolute Gasteiger partial charge is 0.370 e. The lowest BCUT2D eigenvalue weighted by atomic mass is 10.2. The van der Waals surface area contributed by atoms with Crippen LogP contribution in [0.1, 0.15) is 23.9 Å². The van der Waals surface area contributed by atoms with Crippen molar-refractivity contribution in [3.8, 4) is 0 Å². The van der Waals surface area contributed by atoms with Crippen LogP contribution < -0.4 is 10.6 Å². The Balaban J connectivity index is 2.02. The molecule has 0 unspecified atom stereocenters.